The van der Waals surface area contributed by atoms with Gasteiger partial charge in [0.1, 0.15) is 5.67 Å². The zero-order valence-electron chi connectivity index (χ0n) is 10.7. The van der Waals surface area contributed by atoms with Crippen molar-refractivity contribution in [3.63, 3.8) is 0 Å². The maximum atomic E-state index is 13.7. The molecule has 1 aromatic rings. The SMILES string of the molecule is Cc1cc(C(=O)N2CCC(C)(F)CC2)ccc1Cl. The van der Waals surface area contributed by atoms with Crippen molar-refractivity contribution in [2.45, 2.75) is 32.4 Å². The lowest BCUT2D eigenvalue weighted by atomic mass is 9.95. The molecular weight excluding hydrogens is 253 g/mol. The Morgan fingerprint density at radius 1 is 1.39 bits per heavy atom. The van der Waals surface area contributed by atoms with E-state index in [-0.39, 0.29) is 5.91 Å². The monoisotopic (exact) mass is 269 g/mol. The average Bonchev–Trinajstić information content (AvgIpc) is 2.32. The highest BCUT2D eigenvalue weighted by atomic mass is 35.5. The number of nitrogens with zero attached hydrogens (tertiary/aromatic N) is 1. The first kappa shape index (κ1) is 13.3. The van der Waals surface area contributed by atoms with E-state index in [2.05, 4.69) is 0 Å². The van der Waals surface area contributed by atoms with Crippen LogP contribution in [0.1, 0.15) is 35.7 Å². The number of carbonyl (C=O) groups is 1. The third-order valence-corrected chi connectivity index (χ3v) is 3.92. The number of hydrogen-bond acceptors (Lipinski definition) is 1. The van der Waals surface area contributed by atoms with E-state index in [9.17, 15) is 9.18 Å². The zero-order chi connectivity index (χ0) is 13.3. The normalized spacial score (nSPS) is 18.8. The Morgan fingerprint density at radius 3 is 2.56 bits per heavy atom. The molecule has 0 saturated carbocycles. The molecule has 1 aliphatic rings. The number of piperidine rings is 1. The number of hydrogen-bond donors (Lipinski definition) is 0. The van der Waals surface area contributed by atoms with Crippen molar-refractivity contribution in [1.82, 2.24) is 4.90 Å². The van der Waals surface area contributed by atoms with E-state index < -0.39 is 5.67 Å². The van der Waals surface area contributed by atoms with E-state index in [4.69, 9.17) is 11.6 Å². The smallest absolute Gasteiger partial charge is 0.253 e. The van der Waals surface area contributed by atoms with Crippen LogP contribution in [0.15, 0.2) is 18.2 Å². The van der Waals surface area contributed by atoms with Gasteiger partial charge in [-0.05, 0) is 50.5 Å². The molecule has 2 rings (SSSR count). The summed E-state index contributed by atoms with van der Waals surface area (Å²) in [6.07, 6.45) is 0.816. The van der Waals surface area contributed by atoms with E-state index in [1.54, 1.807) is 30.0 Å². The molecule has 0 bridgehead atoms. The number of amides is 1. The number of halogens is 2. The van der Waals surface area contributed by atoms with Crippen molar-refractivity contribution in [1.29, 1.82) is 0 Å². The van der Waals surface area contributed by atoms with Gasteiger partial charge in [-0.1, -0.05) is 11.6 Å². The molecule has 0 atom stereocenters. The van der Waals surface area contributed by atoms with Crippen LogP contribution >= 0.6 is 11.6 Å². The van der Waals surface area contributed by atoms with E-state index in [1.165, 1.54) is 0 Å². The van der Waals surface area contributed by atoms with Crippen LogP contribution in [0, 0.1) is 6.92 Å². The molecule has 18 heavy (non-hydrogen) atoms. The third kappa shape index (κ3) is 2.83. The lowest BCUT2D eigenvalue weighted by Crippen LogP contribution is -2.43. The maximum Gasteiger partial charge on any atom is 0.253 e. The van der Waals surface area contributed by atoms with Gasteiger partial charge in [0.15, 0.2) is 0 Å². The summed E-state index contributed by atoms with van der Waals surface area (Å²) >= 11 is 5.93. The molecule has 1 fully saturated rings. The van der Waals surface area contributed by atoms with Crippen LogP contribution in [0.4, 0.5) is 4.39 Å². The second-order valence-electron chi connectivity index (χ2n) is 5.17. The molecular formula is C14H17ClFNO. The van der Waals surface area contributed by atoms with Crippen molar-refractivity contribution in [2.75, 3.05) is 13.1 Å². The van der Waals surface area contributed by atoms with Crippen LogP contribution < -0.4 is 0 Å². The van der Waals surface area contributed by atoms with Crippen molar-refractivity contribution in [3.05, 3.63) is 34.3 Å². The largest absolute Gasteiger partial charge is 0.338 e. The van der Waals surface area contributed by atoms with Crippen molar-refractivity contribution in [3.8, 4) is 0 Å². The molecule has 0 aromatic heterocycles. The zero-order valence-corrected chi connectivity index (χ0v) is 11.4. The Hall–Kier alpha value is -1.09. The van der Waals surface area contributed by atoms with Gasteiger partial charge in [-0.3, -0.25) is 4.79 Å². The van der Waals surface area contributed by atoms with Gasteiger partial charge in [-0.25, -0.2) is 4.39 Å². The Labute approximate surface area is 112 Å². The van der Waals surface area contributed by atoms with E-state index >= 15 is 0 Å². The first-order valence-corrected chi connectivity index (χ1v) is 6.51. The molecule has 0 unspecified atom stereocenters. The van der Waals surface area contributed by atoms with E-state index in [0.717, 1.165) is 5.56 Å². The van der Waals surface area contributed by atoms with Gasteiger partial charge in [0.25, 0.3) is 5.91 Å². The number of rotatable bonds is 1. The minimum Gasteiger partial charge on any atom is -0.338 e. The summed E-state index contributed by atoms with van der Waals surface area (Å²) in [5, 5.41) is 0.654. The van der Waals surface area contributed by atoms with Crippen LogP contribution in [0.5, 0.6) is 0 Å². The van der Waals surface area contributed by atoms with Gasteiger partial charge in [0, 0.05) is 23.7 Å². The quantitative estimate of drug-likeness (QED) is 0.763. The molecule has 98 valence electrons. The summed E-state index contributed by atoms with van der Waals surface area (Å²) in [7, 11) is 0. The molecule has 4 heteroatoms. The summed E-state index contributed by atoms with van der Waals surface area (Å²) in [4.78, 5) is 13.9. The predicted molar refractivity (Wildman–Crippen MR) is 70.8 cm³/mol. The molecule has 1 aliphatic heterocycles. The number of benzene rings is 1. The minimum absolute atomic E-state index is 0.0368. The summed E-state index contributed by atoms with van der Waals surface area (Å²) < 4.78 is 13.7. The number of aryl methyl sites for hydroxylation is 1. The highest BCUT2D eigenvalue weighted by molar-refractivity contribution is 6.31. The van der Waals surface area contributed by atoms with Crippen molar-refractivity contribution < 1.29 is 9.18 Å². The fourth-order valence-corrected chi connectivity index (χ4v) is 2.25. The van der Waals surface area contributed by atoms with E-state index in [0.29, 0.717) is 36.5 Å². The van der Waals surface area contributed by atoms with Crippen LogP contribution in [0.2, 0.25) is 5.02 Å². The second kappa shape index (κ2) is 4.88. The van der Waals surface area contributed by atoms with Crippen LogP contribution in [0.3, 0.4) is 0 Å². The highest BCUT2D eigenvalue weighted by Crippen LogP contribution is 2.27. The number of carbonyl (C=O) groups excluding carboxylic acids is 1. The van der Waals surface area contributed by atoms with Gasteiger partial charge >= 0.3 is 0 Å². The van der Waals surface area contributed by atoms with Crippen LogP contribution in [-0.4, -0.2) is 29.6 Å². The molecule has 0 spiro atoms. The number of alkyl halides is 1. The Morgan fingerprint density at radius 2 is 2.00 bits per heavy atom. The Kier molecular flexibility index (Phi) is 3.62. The van der Waals surface area contributed by atoms with Gasteiger partial charge < -0.3 is 4.90 Å². The molecule has 1 saturated heterocycles. The molecule has 0 N–H and O–H groups in total. The van der Waals surface area contributed by atoms with Crippen LogP contribution in [0.25, 0.3) is 0 Å². The molecule has 1 aromatic carbocycles. The molecule has 0 aliphatic carbocycles. The lowest BCUT2D eigenvalue weighted by molar-refractivity contribution is 0.0504. The van der Waals surface area contributed by atoms with E-state index in [1.807, 2.05) is 6.92 Å². The van der Waals surface area contributed by atoms with Gasteiger partial charge in [0.05, 0.1) is 0 Å². The number of likely N-dealkylation sites (tertiary alicyclic amines) is 1. The minimum atomic E-state index is -1.13. The van der Waals surface area contributed by atoms with Crippen molar-refractivity contribution >= 4 is 17.5 Å². The van der Waals surface area contributed by atoms with Gasteiger partial charge in [-0.2, -0.15) is 0 Å². The average molecular weight is 270 g/mol. The van der Waals surface area contributed by atoms with Gasteiger partial charge in [-0.15, -0.1) is 0 Å². The third-order valence-electron chi connectivity index (χ3n) is 3.50. The van der Waals surface area contributed by atoms with Gasteiger partial charge in [0.2, 0.25) is 0 Å². The predicted octanol–water partition coefficient (Wildman–Crippen LogP) is 3.61. The maximum absolute atomic E-state index is 13.7. The lowest BCUT2D eigenvalue weighted by Gasteiger charge is -2.34. The fourth-order valence-electron chi connectivity index (χ4n) is 2.14. The molecule has 0 radical (unpaired) electrons. The summed E-state index contributed by atoms with van der Waals surface area (Å²) in [5.41, 5.74) is 0.376. The standard InChI is InChI=1S/C14H17ClFNO/c1-10-9-11(3-4-12(10)15)13(18)17-7-5-14(2,16)6-8-17/h3-4,9H,5-8H2,1-2H3. The summed E-state index contributed by atoms with van der Waals surface area (Å²) in [6, 6.07) is 5.24. The first-order chi connectivity index (χ1) is 8.39. The molecule has 1 heterocycles. The Balaban J connectivity index is 2.10. The van der Waals surface area contributed by atoms with Crippen molar-refractivity contribution in [2.24, 2.45) is 0 Å². The highest BCUT2D eigenvalue weighted by Gasteiger charge is 2.31. The topological polar surface area (TPSA) is 20.3 Å². The summed E-state index contributed by atoms with van der Waals surface area (Å²) in [5.74, 6) is -0.0368. The fraction of sp³-hybridized carbons (Fsp3) is 0.500. The second-order valence-corrected chi connectivity index (χ2v) is 5.58. The summed E-state index contributed by atoms with van der Waals surface area (Å²) in [6.45, 7) is 4.43. The van der Waals surface area contributed by atoms with Crippen LogP contribution in [-0.2, 0) is 0 Å². The molecule has 1 amide bonds. The first-order valence-electron chi connectivity index (χ1n) is 6.13. The molecule has 2 nitrogen and oxygen atoms in total. The Bertz CT molecular complexity index is 463.